The Bertz CT molecular complexity index is 1980. The molecule has 54 heavy (non-hydrogen) atoms. The molecular formula is C40H47F2N7O5. The van der Waals surface area contributed by atoms with Crippen LogP contribution in [0.15, 0.2) is 54.7 Å². The number of Topliss-reactive ketones (excluding diaryl/α,β-unsaturated/α-hetero) is 1. The maximum Gasteiger partial charge on any atom is 0.261 e. The number of piperazine rings is 1. The van der Waals surface area contributed by atoms with Crippen LogP contribution in [-0.4, -0.2) is 99.0 Å². The van der Waals surface area contributed by atoms with Crippen molar-refractivity contribution in [2.45, 2.75) is 52.2 Å². The highest BCUT2D eigenvalue weighted by Crippen LogP contribution is 2.35. The predicted molar refractivity (Wildman–Crippen MR) is 199 cm³/mol. The number of piperidine rings is 1. The fourth-order valence-electron chi connectivity index (χ4n) is 7.11. The van der Waals surface area contributed by atoms with Crippen molar-refractivity contribution in [2.75, 3.05) is 51.6 Å². The molecule has 4 heterocycles. The molecule has 0 aliphatic carbocycles. The maximum absolute atomic E-state index is 13.7. The number of fused-ring (bicyclic) bond motifs is 1. The summed E-state index contributed by atoms with van der Waals surface area (Å²) in [6, 6.07) is 12.6. The van der Waals surface area contributed by atoms with Crippen molar-refractivity contribution in [2.24, 2.45) is 5.92 Å². The van der Waals surface area contributed by atoms with Gasteiger partial charge in [0.1, 0.15) is 34.4 Å². The van der Waals surface area contributed by atoms with Crippen molar-refractivity contribution in [3.05, 3.63) is 105 Å². The number of aromatic hydroxyl groups is 2. The monoisotopic (exact) mass is 743 g/mol. The Hall–Kier alpha value is -5.18. The second kappa shape index (κ2) is 16.9. The number of hydrogen-bond donors (Lipinski definition) is 5. The van der Waals surface area contributed by atoms with E-state index in [1.54, 1.807) is 11.0 Å². The molecule has 5 N–H and O–H groups in total. The molecule has 2 saturated heterocycles. The number of rotatable bonds is 8. The summed E-state index contributed by atoms with van der Waals surface area (Å²) in [6.07, 6.45) is 2.63. The molecule has 3 aliphatic rings. The average molecular weight is 744 g/mol. The van der Waals surface area contributed by atoms with Crippen molar-refractivity contribution < 1.29 is 33.4 Å². The number of amides is 2. The molecule has 1 aromatic heterocycles. The summed E-state index contributed by atoms with van der Waals surface area (Å²) in [5, 5.41) is 32.2. The van der Waals surface area contributed by atoms with Gasteiger partial charge in [0, 0.05) is 57.8 Å². The molecule has 0 bridgehead atoms. The highest BCUT2D eigenvalue weighted by molar-refractivity contribution is 6.09. The minimum Gasteiger partial charge on any atom is -0.508 e. The SMILES string of the molecule is CC(C)c1cc(C(=O)N2Cc3ccc(CN4CCN(C)CC4)cc3C2)c(O)cc1O.O=C(Nc1cn[nH]c1C(=O)C1CCNCC1)c1c(F)cccc1F. The van der Waals surface area contributed by atoms with Gasteiger partial charge in [-0.25, -0.2) is 8.78 Å². The third kappa shape index (κ3) is 8.78. The van der Waals surface area contributed by atoms with Crippen LogP contribution in [0.25, 0.3) is 0 Å². The van der Waals surface area contributed by atoms with Gasteiger partial charge in [-0.05, 0) is 79.3 Å². The molecule has 0 unspecified atom stereocenters. The van der Waals surface area contributed by atoms with Gasteiger partial charge in [-0.1, -0.05) is 38.1 Å². The molecule has 0 radical (unpaired) electrons. The van der Waals surface area contributed by atoms with E-state index in [1.165, 1.54) is 29.5 Å². The summed E-state index contributed by atoms with van der Waals surface area (Å²) in [7, 11) is 2.16. The van der Waals surface area contributed by atoms with Crippen LogP contribution >= 0.6 is 0 Å². The number of carbonyl (C=O) groups is 3. The van der Waals surface area contributed by atoms with Gasteiger partial charge >= 0.3 is 0 Å². The van der Waals surface area contributed by atoms with Crippen molar-refractivity contribution >= 4 is 23.3 Å². The van der Waals surface area contributed by atoms with Gasteiger partial charge < -0.3 is 30.6 Å². The van der Waals surface area contributed by atoms with Crippen molar-refractivity contribution in [1.82, 2.24) is 30.2 Å². The highest BCUT2D eigenvalue weighted by Gasteiger charge is 2.29. The van der Waals surface area contributed by atoms with Crippen molar-refractivity contribution in [3.63, 3.8) is 0 Å². The Morgan fingerprint density at radius 2 is 1.61 bits per heavy atom. The third-order valence-electron chi connectivity index (χ3n) is 10.3. The number of anilines is 1. The normalized spacial score (nSPS) is 16.5. The minimum absolute atomic E-state index is 0.0253. The number of aromatic nitrogens is 2. The summed E-state index contributed by atoms with van der Waals surface area (Å²) < 4.78 is 27.4. The van der Waals surface area contributed by atoms with Gasteiger partial charge in [0.05, 0.1) is 17.4 Å². The van der Waals surface area contributed by atoms with E-state index in [4.69, 9.17) is 0 Å². The van der Waals surface area contributed by atoms with Crippen LogP contribution in [0.2, 0.25) is 0 Å². The first-order chi connectivity index (χ1) is 25.9. The fourth-order valence-corrected chi connectivity index (χ4v) is 7.11. The molecule has 0 spiro atoms. The summed E-state index contributed by atoms with van der Waals surface area (Å²) in [5.74, 6) is -3.54. The standard InChI is InChI=1S/C24H31N3O3.C16H16F2N4O2/c1-16(2)20-11-21(23(29)12-22(20)28)24(30)27-14-18-5-4-17(10-19(18)15-27)13-26-8-6-25(3)7-9-26;17-10-2-1-3-11(18)13(10)16(24)21-12-8-20-22-14(12)15(23)9-4-6-19-7-5-9/h4-5,10-12,16,28-29H,6-9,13-15H2,1-3H3;1-3,8-9,19H,4-7H2,(H,20,22)(H,21,24). The lowest BCUT2D eigenvalue weighted by atomic mass is 9.91. The summed E-state index contributed by atoms with van der Waals surface area (Å²) in [4.78, 5) is 44.4. The first-order valence-electron chi connectivity index (χ1n) is 18.3. The number of halogens is 2. The van der Waals surface area contributed by atoms with E-state index in [2.05, 4.69) is 55.9 Å². The molecule has 14 heteroatoms. The van der Waals surface area contributed by atoms with Gasteiger partial charge in [0.25, 0.3) is 11.8 Å². The van der Waals surface area contributed by atoms with Gasteiger partial charge in [-0.3, -0.25) is 24.4 Å². The van der Waals surface area contributed by atoms with Gasteiger partial charge in [0.2, 0.25) is 0 Å². The summed E-state index contributed by atoms with van der Waals surface area (Å²) in [5.41, 5.74) is 4.11. The molecule has 12 nitrogen and oxygen atoms in total. The van der Waals surface area contributed by atoms with Crippen LogP contribution in [0, 0.1) is 17.6 Å². The molecule has 3 aliphatic heterocycles. The first kappa shape index (κ1) is 38.5. The number of carbonyl (C=O) groups excluding carboxylic acids is 3. The van der Waals surface area contributed by atoms with E-state index in [1.807, 2.05) is 13.8 Å². The quantitative estimate of drug-likeness (QED) is 0.152. The zero-order chi connectivity index (χ0) is 38.5. The summed E-state index contributed by atoms with van der Waals surface area (Å²) in [6.45, 7) is 11.8. The number of H-pyrrole nitrogens is 1. The third-order valence-corrected chi connectivity index (χ3v) is 10.3. The van der Waals surface area contributed by atoms with E-state index >= 15 is 0 Å². The number of hydrogen-bond acceptors (Lipinski definition) is 9. The van der Waals surface area contributed by atoms with E-state index in [0.717, 1.165) is 63.5 Å². The molecule has 286 valence electrons. The molecule has 2 amide bonds. The fraction of sp³-hybridized carbons (Fsp3) is 0.400. The molecule has 0 atom stereocenters. The number of aromatic amines is 1. The number of phenolic OH excluding ortho intramolecular Hbond substituents is 2. The Balaban J connectivity index is 0.000000189. The Morgan fingerprint density at radius 1 is 0.926 bits per heavy atom. The number of benzene rings is 3. The Morgan fingerprint density at radius 3 is 2.30 bits per heavy atom. The van der Waals surface area contributed by atoms with E-state index in [0.29, 0.717) is 31.5 Å². The molecule has 0 saturated carbocycles. The molecule has 3 aromatic carbocycles. The lowest BCUT2D eigenvalue weighted by Gasteiger charge is -2.32. The first-order valence-corrected chi connectivity index (χ1v) is 18.3. The number of ketones is 1. The van der Waals surface area contributed by atoms with Crippen LogP contribution in [0.4, 0.5) is 14.5 Å². The van der Waals surface area contributed by atoms with Crippen LogP contribution in [0.3, 0.4) is 0 Å². The minimum atomic E-state index is -0.970. The second-order valence-electron chi connectivity index (χ2n) is 14.5. The Kier molecular flexibility index (Phi) is 12.0. The lowest BCUT2D eigenvalue weighted by molar-refractivity contribution is 0.0747. The number of nitrogens with one attached hydrogen (secondary N) is 3. The van der Waals surface area contributed by atoms with Gasteiger partial charge in [-0.2, -0.15) is 5.10 Å². The molecule has 2 fully saturated rings. The van der Waals surface area contributed by atoms with E-state index in [-0.39, 0.29) is 52.0 Å². The number of phenols is 2. The maximum atomic E-state index is 13.7. The van der Waals surface area contributed by atoms with Crippen molar-refractivity contribution in [3.8, 4) is 11.5 Å². The van der Waals surface area contributed by atoms with Crippen LogP contribution in [0.5, 0.6) is 11.5 Å². The molecule has 4 aromatic rings. The smallest absolute Gasteiger partial charge is 0.261 e. The van der Waals surface area contributed by atoms with E-state index < -0.39 is 23.1 Å². The number of nitrogens with zero attached hydrogens (tertiary/aromatic N) is 4. The Labute approximate surface area is 313 Å². The summed E-state index contributed by atoms with van der Waals surface area (Å²) >= 11 is 0. The molecule has 7 rings (SSSR count). The molecular weight excluding hydrogens is 696 g/mol. The van der Waals surface area contributed by atoms with Gasteiger partial charge in [-0.15, -0.1) is 0 Å². The van der Waals surface area contributed by atoms with Crippen LogP contribution < -0.4 is 10.6 Å². The largest absolute Gasteiger partial charge is 0.508 e. The van der Waals surface area contributed by atoms with Crippen LogP contribution in [-0.2, 0) is 19.6 Å². The zero-order valence-electron chi connectivity index (χ0n) is 30.8. The topological polar surface area (TPSA) is 154 Å². The van der Waals surface area contributed by atoms with Crippen LogP contribution in [0.1, 0.15) is 86.1 Å². The lowest BCUT2D eigenvalue weighted by Crippen LogP contribution is -2.43. The van der Waals surface area contributed by atoms with Crippen molar-refractivity contribution in [1.29, 1.82) is 0 Å². The van der Waals surface area contributed by atoms with Gasteiger partial charge in [0.15, 0.2) is 5.78 Å². The zero-order valence-corrected chi connectivity index (χ0v) is 30.8. The second-order valence-corrected chi connectivity index (χ2v) is 14.5. The number of likely N-dealkylation sites (N-methyl/N-ethyl adjacent to an activating group) is 1. The predicted octanol–water partition coefficient (Wildman–Crippen LogP) is 5.25. The highest BCUT2D eigenvalue weighted by atomic mass is 19.1. The van der Waals surface area contributed by atoms with E-state index in [9.17, 15) is 33.4 Å². The average Bonchev–Trinajstić information content (AvgIpc) is 3.79.